The Morgan fingerprint density at radius 3 is 2.43 bits per heavy atom. The zero-order chi connectivity index (χ0) is 25.3. The van der Waals surface area contributed by atoms with E-state index in [1.54, 1.807) is 17.3 Å². The lowest BCUT2D eigenvalue weighted by atomic mass is 10.0. The standard InChI is InChI=1S/C22H28N2O4.C7H8/c1-22(2,3)28-21(26)24-9-7-19(24)15-27-20-12-18(13-23-14-20)17-6-4-5-16(11-17)8-10-25;1-7-5-3-2-4-6-7/h4-6,11-14,19,25H,7-10,15H2,1-3H3;2-6H,1H3. The SMILES string of the molecule is CC(C)(C)OC(=O)N1CCC1COc1cncc(-c2cccc(CCO)c2)c1.Cc1ccccc1. The number of carbonyl (C=O) groups is 1. The number of likely N-dealkylation sites (tertiary alicyclic amines) is 1. The number of aromatic nitrogens is 1. The lowest BCUT2D eigenvalue weighted by Crippen LogP contribution is -2.55. The van der Waals surface area contributed by atoms with Crippen LogP contribution in [0, 0.1) is 6.92 Å². The van der Waals surface area contributed by atoms with Crippen LogP contribution in [0.3, 0.4) is 0 Å². The number of hydrogen-bond acceptors (Lipinski definition) is 5. The number of nitrogens with zero attached hydrogens (tertiary/aromatic N) is 2. The van der Waals surface area contributed by atoms with Crippen LogP contribution in [0.25, 0.3) is 11.1 Å². The van der Waals surface area contributed by atoms with Crippen molar-refractivity contribution in [3.05, 3.63) is 84.2 Å². The average Bonchev–Trinajstić information content (AvgIpc) is 2.79. The van der Waals surface area contributed by atoms with Crippen molar-refractivity contribution in [2.75, 3.05) is 19.8 Å². The number of hydrogen-bond donors (Lipinski definition) is 1. The third kappa shape index (κ3) is 8.41. The molecule has 2 aromatic carbocycles. The number of rotatable bonds is 6. The van der Waals surface area contributed by atoms with Gasteiger partial charge in [-0.25, -0.2) is 4.79 Å². The number of benzene rings is 2. The molecule has 0 aliphatic carbocycles. The van der Waals surface area contributed by atoms with Crippen molar-refractivity contribution < 1.29 is 19.4 Å². The number of amides is 1. The van der Waals surface area contributed by atoms with E-state index < -0.39 is 5.60 Å². The topological polar surface area (TPSA) is 71.9 Å². The van der Waals surface area contributed by atoms with E-state index in [0.717, 1.165) is 23.1 Å². The van der Waals surface area contributed by atoms with Crippen molar-refractivity contribution in [3.63, 3.8) is 0 Å². The van der Waals surface area contributed by atoms with Crippen molar-refractivity contribution in [3.8, 4) is 16.9 Å². The summed E-state index contributed by atoms with van der Waals surface area (Å²) in [5.41, 5.74) is 3.88. The highest BCUT2D eigenvalue weighted by molar-refractivity contribution is 5.69. The predicted molar refractivity (Wildman–Crippen MR) is 138 cm³/mol. The summed E-state index contributed by atoms with van der Waals surface area (Å²) in [4.78, 5) is 18.2. The minimum atomic E-state index is -0.499. The maximum atomic E-state index is 12.2. The summed E-state index contributed by atoms with van der Waals surface area (Å²) in [6.07, 6.45) is 4.70. The zero-order valence-corrected chi connectivity index (χ0v) is 21.1. The van der Waals surface area contributed by atoms with Gasteiger partial charge in [-0.15, -0.1) is 0 Å². The molecule has 6 nitrogen and oxygen atoms in total. The quantitative estimate of drug-likeness (QED) is 0.497. The summed E-state index contributed by atoms with van der Waals surface area (Å²) in [7, 11) is 0. The largest absolute Gasteiger partial charge is 0.490 e. The van der Waals surface area contributed by atoms with E-state index in [0.29, 0.717) is 25.3 Å². The molecule has 186 valence electrons. The highest BCUT2D eigenvalue weighted by Gasteiger charge is 2.35. The fourth-order valence-corrected chi connectivity index (χ4v) is 3.59. The van der Waals surface area contributed by atoms with E-state index in [9.17, 15) is 4.79 Å². The fourth-order valence-electron chi connectivity index (χ4n) is 3.59. The first-order valence-corrected chi connectivity index (χ1v) is 12.0. The van der Waals surface area contributed by atoms with Gasteiger partial charge < -0.3 is 19.5 Å². The van der Waals surface area contributed by atoms with E-state index in [1.807, 2.05) is 69.3 Å². The van der Waals surface area contributed by atoms with Gasteiger partial charge in [-0.3, -0.25) is 4.98 Å². The lowest BCUT2D eigenvalue weighted by molar-refractivity contribution is -0.0141. The Labute approximate surface area is 208 Å². The summed E-state index contributed by atoms with van der Waals surface area (Å²) in [6.45, 7) is 8.91. The van der Waals surface area contributed by atoms with Crippen LogP contribution in [0.15, 0.2) is 73.1 Å². The minimum absolute atomic E-state index is 0.0198. The second-order valence-electron chi connectivity index (χ2n) is 9.67. The van der Waals surface area contributed by atoms with Gasteiger partial charge in [0.25, 0.3) is 0 Å². The summed E-state index contributed by atoms with van der Waals surface area (Å²) in [5, 5.41) is 9.13. The molecule has 1 aliphatic rings. The maximum Gasteiger partial charge on any atom is 0.410 e. The number of aliphatic hydroxyl groups is 1. The highest BCUT2D eigenvalue weighted by atomic mass is 16.6. The first kappa shape index (κ1) is 26.2. The second-order valence-corrected chi connectivity index (χ2v) is 9.67. The molecule has 4 rings (SSSR count). The van der Waals surface area contributed by atoms with Gasteiger partial charge in [-0.05, 0) is 57.7 Å². The second kappa shape index (κ2) is 12.4. The number of aliphatic hydroxyl groups excluding tert-OH is 1. The number of aryl methyl sites for hydroxylation is 1. The van der Waals surface area contributed by atoms with Crippen LogP contribution in [-0.2, 0) is 11.2 Å². The number of carbonyl (C=O) groups excluding carboxylic acids is 1. The lowest BCUT2D eigenvalue weighted by Gasteiger charge is -2.40. The Morgan fingerprint density at radius 1 is 1.06 bits per heavy atom. The van der Waals surface area contributed by atoms with Crippen LogP contribution in [0.5, 0.6) is 5.75 Å². The molecule has 0 spiro atoms. The molecule has 0 radical (unpaired) electrons. The minimum Gasteiger partial charge on any atom is -0.490 e. The molecule has 1 N–H and O–H groups in total. The Morgan fingerprint density at radius 2 is 1.83 bits per heavy atom. The molecule has 1 unspecified atom stereocenters. The Hall–Kier alpha value is -3.38. The highest BCUT2D eigenvalue weighted by Crippen LogP contribution is 2.26. The Balaban J connectivity index is 0.000000420. The van der Waals surface area contributed by atoms with E-state index in [-0.39, 0.29) is 18.7 Å². The van der Waals surface area contributed by atoms with Crippen molar-refractivity contribution in [1.82, 2.24) is 9.88 Å². The third-order valence-corrected chi connectivity index (χ3v) is 5.53. The number of ether oxygens (including phenoxy) is 2. The third-order valence-electron chi connectivity index (χ3n) is 5.53. The van der Waals surface area contributed by atoms with Gasteiger partial charge in [-0.2, -0.15) is 0 Å². The van der Waals surface area contributed by atoms with Crippen LogP contribution in [0.1, 0.15) is 38.3 Å². The Bertz CT molecular complexity index is 1080. The summed E-state index contributed by atoms with van der Waals surface area (Å²) in [5.74, 6) is 0.668. The normalized spacial score (nSPS) is 14.9. The van der Waals surface area contributed by atoms with Crippen LogP contribution in [0.2, 0.25) is 0 Å². The van der Waals surface area contributed by atoms with Crippen molar-refractivity contribution in [1.29, 1.82) is 0 Å². The predicted octanol–water partition coefficient (Wildman–Crippen LogP) is 5.67. The van der Waals surface area contributed by atoms with Gasteiger partial charge in [0.2, 0.25) is 0 Å². The van der Waals surface area contributed by atoms with Crippen LogP contribution >= 0.6 is 0 Å². The van der Waals surface area contributed by atoms with Gasteiger partial charge in [0.15, 0.2) is 0 Å². The summed E-state index contributed by atoms with van der Waals surface area (Å²) in [6, 6.07) is 20.3. The molecule has 6 heteroatoms. The number of pyridine rings is 1. The van der Waals surface area contributed by atoms with Gasteiger partial charge in [-0.1, -0.05) is 60.2 Å². The molecule has 1 saturated heterocycles. The molecular formula is C29H36N2O4. The van der Waals surface area contributed by atoms with Crippen LogP contribution in [-0.4, -0.2) is 52.5 Å². The molecule has 1 amide bonds. The van der Waals surface area contributed by atoms with Crippen molar-refractivity contribution in [2.45, 2.75) is 52.2 Å². The molecule has 1 atom stereocenters. The first-order chi connectivity index (χ1) is 16.7. The van der Waals surface area contributed by atoms with Gasteiger partial charge >= 0.3 is 6.09 Å². The molecule has 2 heterocycles. The van der Waals surface area contributed by atoms with Crippen molar-refractivity contribution >= 4 is 6.09 Å². The van der Waals surface area contributed by atoms with E-state index in [1.165, 1.54) is 5.56 Å². The van der Waals surface area contributed by atoms with Crippen molar-refractivity contribution in [2.24, 2.45) is 0 Å². The first-order valence-electron chi connectivity index (χ1n) is 12.0. The molecule has 1 aliphatic heterocycles. The van der Waals surface area contributed by atoms with Crippen LogP contribution in [0.4, 0.5) is 4.79 Å². The zero-order valence-electron chi connectivity index (χ0n) is 21.1. The van der Waals surface area contributed by atoms with Gasteiger partial charge in [0, 0.05) is 24.9 Å². The molecule has 1 fully saturated rings. The van der Waals surface area contributed by atoms with Gasteiger partial charge in [0.1, 0.15) is 18.0 Å². The monoisotopic (exact) mass is 476 g/mol. The molecule has 0 saturated carbocycles. The Kier molecular flexibility index (Phi) is 9.26. The average molecular weight is 477 g/mol. The molecule has 35 heavy (non-hydrogen) atoms. The van der Waals surface area contributed by atoms with E-state index >= 15 is 0 Å². The fraction of sp³-hybridized carbons (Fsp3) is 0.379. The molecular weight excluding hydrogens is 440 g/mol. The molecule has 3 aromatic rings. The van der Waals surface area contributed by atoms with Crippen LogP contribution < -0.4 is 4.74 Å². The summed E-state index contributed by atoms with van der Waals surface area (Å²) < 4.78 is 11.3. The summed E-state index contributed by atoms with van der Waals surface area (Å²) >= 11 is 0. The van der Waals surface area contributed by atoms with Gasteiger partial charge in [0.05, 0.1) is 12.2 Å². The molecule has 0 bridgehead atoms. The smallest absolute Gasteiger partial charge is 0.410 e. The van der Waals surface area contributed by atoms with E-state index in [2.05, 4.69) is 24.0 Å². The van der Waals surface area contributed by atoms with E-state index in [4.69, 9.17) is 14.6 Å². The molecule has 1 aromatic heterocycles. The maximum absolute atomic E-state index is 12.2.